The maximum absolute atomic E-state index is 12.4. The number of hydrogen-bond donors (Lipinski definition) is 1. The summed E-state index contributed by atoms with van der Waals surface area (Å²) >= 11 is 0. The number of carbonyl (C=O) groups excluding carboxylic acids is 1. The van der Waals surface area contributed by atoms with Crippen molar-refractivity contribution in [1.82, 2.24) is 19.5 Å². The van der Waals surface area contributed by atoms with Gasteiger partial charge in [-0.2, -0.15) is 4.98 Å². The molecular formula is C19H23BN4O4. The van der Waals surface area contributed by atoms with Crippen molar-refractivity contribution in [2.24, 2.45) is 5.41 Å². The van der Waals surface area contributed by atoms with E-state index in [1.54, 1.807) is 0 Å². The Hall–Kier alpha value is -2.97. The first kappa shape index (κ1) is 19.8. The number of benzene rings is 1. The molecule has 9 heteroatoms. The van der Waals surface area contributed by atoms with Gasteiger partial charge in [-0.15, -0.1) is 0 Å². The number of aromatic amines is 1. The van der Waals surface area contributed by atoms with Crippen LogP contribution in [-0.2, 0) is 15.0 Å². The third kappa shape index (κ3) is 3.83. The second-order valence-electron chi connectivity index (χ2n) is 8.41. The fraction of sp³-hybridized carbons (Fsp3) is 0.421. The molecule has 0 amide bonds. The molecule has 28 heavy (non-hydrogen) atoms. The van der Waals surface area contributed by atoms with Crippen LogP contribution in [0.3, 0.4) is 0 Å². The highest BCUT2D eigenvalue weighted by atomic mass is 16.5. The summed E-state index contributed by atoms with van der Waals surface area (Å²) in [5, 5.41) is 0. The van der Waals surface area contributed by atoms with Crippen LogP contribution in [0.25, 0.3) is 22.6 Å². The van der Waals surface area contributed by atoms with Gasteiger partial charge < -0.3 is 9.30 Å². The van der Waals surface area contributed by atoms with Gasteiger partial charge in [0.25, 0.3) is 5.56 Å². The highest BCUT2D eigenvalue weighted by Crippen LogP contribution is 2.35. The lowest BCUT2D eigenvalue weighted by Gasteiger charge is -2.38. The van der Waals surface area contributed by atoms with Crippen molar-refractivity contribution in [3.8, 4) is 11.5 Å². The summed E-state index contributed by atoms with van der Waals surface area (Å²) in [6.45, 7) is 7.65. The molecule has 1 aromatic rings. The molecule has 3 rings (SSSR count). The molecular weight excluding hydrogens is 359 g/mol. The Balaban J connectivity index is 2.23. The highest BCUT2D eigenvalue weighted by Gasteiger charge is 2.34. The summed E-state index contributed by atoms with van der Waals surface area (Å²) in [5.41, 5.74) is -0.669. The van der Waals surface area contributed by atoms with Crippen LogP contribution < -0.4 is 11.2 Å². The van der Waals surface area contributed by atoms with Crippen LogP contribution >= 0.6 is 0 Å². The van der Waals surface area contributed by atoms with E-state index in [-0.39, 0.29) is 29.5 Å². The molecule has 1 aromatic carbocycles. The van der Waals surface area contributed by atoms with Crippen LogP contribution in [0.5, 0.6) is 0 Å². The summed E-state index contributed by atoms with van der Waals surface area (Å²) in [5.74, 6) is -0.0942. The predicted octanol–water partition coefficient (Wildman–Crippen LogP) is 0.870. The maximum atomic E-state index is 12.4. The van der Waals surface area contributed by atoms with Crippen LogP contribution in [0.15, 0.2) is 33.9 Å². The SMILES string of the molecule is BC(C)(CC(C)(C)COC(C)=O)n1c2nc(=O)[nH]c(=O)c-2nc2ccccc21. The van der Waals surface area contributed by atoms with Gasteiger partial charge in [-0.3, -0.25) is 14.6 Å². The van der Waals surface area contributed by atoms with E-state index in [0.717, 1.165) is 5.52 Å². The van der Waals surface area contributed by atoms with E-state index in [9.17, 15) is 14.4 Å². The lowest BCUT2D eigenvalue weighted by atomic mass is 9.68. The fourth-order valence-corrected chi connectivity index (χ4v) is 3.88. The molecule has 2 aliphatic rings. The molecule has 8 nitrogen and oxygen atoms in total. The van der Waals surface area contributed by atoms with Gasteiger partial charge in [0, 0.05) is 17.8 Å². The summed E-state index contributed by atoms with van der Waals surface area (Å²) in [7, 11) is 2.00. The average Bonchev–Trinajstić information content (AvgIpc) is 2.57. The van der Waals surface area contributed by atoms with Crippen LogP contribution in [0.4, 0.5) is 0 Å². The molecule has 0 aliphatic carbocycles. The van der Waals surface area contributed by atoms with Crippen molar-refractivity contribution >= 4 is 24.8 Å². The van der Waals surface area contributed by atoms with Gasteiger partial charge in [0.05, 0.1) is 17.6 Å². The summed E-state index contributed by atoms with van der Waals surface area (Å²) in [4.78, 5) is 46.2. The van der Waals surface area contributed by atoms with Gasteiger partial charge in [0.1, 0.15) is 7.85 Å². The standard InChI is InChI=1S/C19H23BN4O4/c1-11(25)28-10-18(2,3)9-19(4,20)24-13-8-6-5-7-12(13)21-14-15(24)22-17(27)23-16(14)26/h5-8H,9-10,20H2,1-4H3,(H,23,26,27). The molecule has 0 fully saturated rings. The molecule has 0 radical (unpaired) electrons. The number of rotatable bonds is 5. The first-order valence-corrected chi connectivity index (χ1v) is 9.06. The molecule has 0 saturated heterocycles. The number of nitrogens with one attached hydrogen (secondary N) is 1. The molecule has 2 heterocycles. The van der Waals surface area contributed by atoms with Crippen molar-refractivity contribution in [2.45, 2.75) is 39.6 Å². The van der Waals surface area contributed by atoms with E-state index in [1.807, 2.05) is 57.5 Å². The molecule has 1 atom stereocenters. The number of H-pyrrole nitrogens is 1. The topological polar surface area (TPSA) is 107 Å². The Morgan fingerprint density at radius 2 is 1.89 bits per heavy atom. The van der Waals surface area contributed by atoms with Gasteiger partial charge in [0.2, 0.25) is 0 Å². The molecule has 0 bridgehead atoms. The maximum Gasteiger partial charge on any atom is 0.349 e. The van der Waals surface area contributed by atoms with Gasteiger partial charge in [-0.05, 0) is 25.5 Å². The van der Waals surface area contributed by atoms with E-state index in [1.165, 1.54) is 6.92 Å². The van der Waals surface area contributed by atoms with Gasteiger partial charge in [-0.25, -0.2) is 9.78 Å². The van der Waals surface area contributed by atoms with Gasteiger partial charge in [0.15, 0.2) is 11.5 Å². The molecule has 0 spiro atoms. The average molecular weight is 382 g/mol. The number of ether oxygens (including phenoxy) is 1. The number of carbonyl (C=O) groups is 1. The van der Waals surface area contributed by atoms with Crippen molar-refractivity contribution in [3.05, 3.63) is 45.1 Å². The highest BCUT2D eigenvalue weighted by molar-refractivity contribution is 6.14. The van der Waals surface area contributed by atoms with Crippen LogP contribution in [0.1, 0.15) is 34.1 Å². The molecule has 1 N–H and O–H groups in total. The summed E-state index contributed by atoms with van der Waals surface area (Å²) in [6.07, 6.45) is 0.601. The minimum atomic E-state index is -0.710. The van der Waals surface area contributed by atoms with Crippen LogP contribution in [0, 0.1) is 5.41 Å². The molecule has 1 unspecified atom stereocenters. The van der Waals surface area contributed by atoms with Crippen LogP contribution in [-0.4, -0.2) is 39.9 Å². The summed E-state index contributed by atoms with van der Waals surface area (Å²) in [6, 6.07) is 7.41. The lowest BCUT2D eigenvalue weighted by Crippen LogP contribution is -2.41. The Morgan fingerprint density at radius 3 is 2.57 bits per heavy atom. The van der Waals surface area contributed by atoms with Crippen LogP contribution in [0.2, 0.25) is 0 Å². The monoisotopic (exact) mass is 382 g/mol. The first-order chi connectivity index (χ1) is 13.0. The molecule has 146 valence electrons. The summed E-state index contributed by atoms with van der Waals surface area (Å²) < 4.78 is 7.11. The minimum Gasteiger partial charge on any atom is -0.465 e. The minimum absolute atomic E-state index is 0.115. The number of aromatic nitrogens is 4. The third-order valence-electron chi connectivity index (χ3n) is 4.60. The molecule has 2 aliphatic heterocycles. The zero-order valence-electron chi connectivity index (χ0n) is 16.7. The normalized spacial score (nSPS) is 14.1. The predicted molar refractivity (Wildman–Crippen MR) is 108 cm³/mol. The molecule has 0 aromatic heterocycles. The number of para-hydroxylation sites is 2. The smallest absolute Gasteiger partial charge is 0.349 e. The Labute approximate surface area is 162 Å². The zero-order valence-corrected chi connectivity index (χ0v) is 16.7. The van der Waals surface area contributed by atoms with Crippen molar-refractivity contribution in [2.75, 3.05) is 6.61 Å². The zero-order chi connectivity index (χ0) is 20.7. The lowest BCUT2D eigenvalue weighted by molar-refractivity contribution is -0.144. The van der Waals surface area contributed by atoms with Gasteiger partial charge in [-0.1, -0.05) is 26.0 Å². The van der Waals surface area contributed by atoms with E-state index in [2.05, 4.69) is 15.0 Å². The number of hydrogen-bond acceptors (Lipinski definition) is 6. The third-order valence-corrected chi connectivity index (χ3v) is 4.60. The number of fused-ring (bicyclic) bond motifs is 2. The fourth-order valence-electron chi connectivity index (χ4n) is 3.88. The van der Waals surface area contributed by atoms with Crippen molar-refractivity contribution in [1.29, 1.82) is 0 Å². The van der Waals surface area contributed by atoms with E-state index in [4.69, 9.17) is 4.74 Å². The molecule has 0 saturated carbocycles. The first-order valence-electron chi connectivity index (χ1n) is 9.06. The van der Waals surface area contributed by atoms with Crippen molar-refractivity contribution in [3.63, 3.8) is 0 Å². The number of esters is 1. The largest absolute Gasteiger partial charge is 0.465 e. The van der Waals surface area contributed by atoms with E-state index < -0.39 is 16.7 Å². The second kappa shape index (κ2) is 6.89. The van der Waals surface area contributed by atoms with E-state index in [0.29, 0.717) is 11.9 Å². The second-order valence-corrected chi connectivity index (χ2v) is 8.41. The van der Waals surface area contributed by atoms with E-state index >= 15 is 0 Å². The Kier molecular flexibility index (Phi) is 4.87. The Morgan fingerprint density at radius 1 is 1.21 bits per heavy atom. The van der Waals surface area contributed by atoms with Gasteiger partial charge >= 0.3 is 11.7 Å². The van der Waals surface area contributed by atoms with Crippen molar-refractivity contribution < 1.29 is 9.53 Å². The Bertz CT molecular complexity index is 1130. The number of nitrogens with zero attached hydrogens (tertiary/aromatic N) is 3. The quantitative estimate of drug-likeness (QED) is 0.399.